The van der Waals surface area contributed by atoms with Gasteiger partial charge in [0.2, 0.25) is 5.91 Å². The third-order valence-electron chi connectivity index (χ3n) is 4.05. The van der Waals surface area contributed by atoms with Gasteiger partial charge in [-0.2, -0.15) is 0 Å². The monoisotopic (exact) mass is 274 g/mol. The molecule has 20 heavy (non-hydrogen) atoms. The number of benzene rings is 1. The quantitative estimate of drug-likeness (QED) is 0.892. The highest BCUT2D eigenvalue weighted by Crippen LogP contribution is 2.23. The molecule has 1 atom stereocenters. The molecule has 4 nitrogen and oxygen atoms in total. The summed E-state index contributed by atoms with van der Waals surface area (Å²) in [6.07, 6.45) is 4.50. The van der Waals surface area contributed by atoms with E-state index in [0.29, 0.717) is 12.6 Å². The van der Waals surface area contributed by atoms with Crippen LogP contribution >= 0.6 is 0 Å². The number of piperidine rings is 1. The van der Waals surface area contributed by atoms with Gasteiger partial charge < -0.3 is 15.0 Å². The van der Waals surface area contributed by atoms with Crippen LogP contribution in [-0.4, -0.2) is 36.5 Å². The van der Waals surface area contributed by atoms with Crippen LogP contribution in [0.25, 0.3) is 0 Å². The number of carbonyl (C=O) groups excluding carboxylic acids is 1. The number of nitrogens with one attached hydrogen (secondary N) is 1. The zero-order chi connectivity index (χ0) is 13.9. The van der Waals surface area contributed by atoms with Gasteiger partial charge in [0, 0.05) is 19.1 Å². The minimum atomic E-state index is 0.0295. The van der Waals surface area contributed by atoms with Crippen molar-refractivity contribution in [1.82, 2.24) is 10.2 Å². The van der Waals surface area contributed by atoms with Crippen LogP contribution in [0.5, 0.6) is 5.75 Å². The molecule has 3 rings (SSSR count). The summed E-state index contributed by atoms with van der Waals surface area (Å²) in [4.78, 5) is 14.5. The predicted octanol–water partition coefficient (Wildman–Crippen LogP) is 1.94. The molecule has 0 aromatic heterocycles. The SMILES string of the molecule is COc1cccc(CN2CCCC(NC3CC3)C2=O)c1. The molecule has 1 saturated heterocycles. The van der Waals surface area contributed by atoms with Gasteiger partial charge in [-0.15, -0.1) is 0 Å². The Morgan fingerprint density at radius 1 is 1.35 bits per heavy atom. The number of hydrogen-bond donors (Lipinski definition) is 1. The Bertz CT molecular complexity index is 485. The molecular weight excluding hydrogens is 252 g/mol. The van der Waals surface area contributed by atoms with Crippen molar-refractivity contribution in [3.05, 3.63) is 29.8 Å². The number of rotatable bonds is 5. The number of amides is 1. The van der Waals surface area contributed by atoms with Crippen molar-refractivity contribution in [2.45, 2.75) is 44.3 Å². The van der Waals surface area contributed by atoms with Crippen LogP contribution in [0.2, 0.25) is 0 Å². The molecule has 2 fully saturated rings. The summed E-state index contributed by atoms with van der Waals surface area (Å²) < 4.78 is 5.24. The lowest BCUT2D eigenvalue weighted by Crippen LogP contribution is -2.50. The summed E-state index contributed by atoms with van der Waals surface area (Å²) in [6.45, 7) is 1.54. The molecule has 1 N–H and O–H groups in total. The first kappa shape index (κ1) is 13.4. The lowest BCUT2D eigenvalue weighted by molar-refractivity contribution is -0.136. The van der Waals surface area contributed by atoms with Gasteiger partial charge in [-0.1, -0.05) is 12.1 Å². The van der Waals surface area contributed by atoms with E-state index in [1.165, 1.54) is 12.8 Å². The third-order valence-corrected chi connectivity index (χ3v) is 4.05. The number of methoxy groups -OCH3 is 1. The van der Waals surface area contributed by atoms with Crippen molar-refractivity contribution < 1.29 is 9.53 Å². The van der Waals surface area contributed by atoms with Gasteiger partial charge in [0.15, 0.2) is 0 Å². The zero-order valence-corrected chi connectivity index (χ0v) is 12.0. The molecule has 0 radical (unpaired) electrons. The summed E-state index contributed by atoms with van der Waals surface area (Å²) in [5.74, 6) is 1.10. The van der Waals surface area contributed by atoms with Crippen LogP contribution in [0.1, 0.15) is 31.2 Å². The van der Waals surface area contributed by atoms with E-state index in [2.05, 4.69) is 5.32 Å². The fourth-order valence-electron chi connectivity index (χ4n) is 2.78. The second-order valence-corrected chi connectivity index (χ2v) is 5.75. The van der Waals surface area contributed by atoms with Gasteiger partial charge in [0.1, 0.15) is 5.75 Å². The molecule has 0 spiro atoms. The van der Waals surface area contributed by atoms with E-state index in [-0.39, 0.29) is 11.9 Å². The smallest absolute Gasteiger partial charge is 0.240 e. The summed E-state index contributed by atoms with van der Waals surface area (Å²) in [5.41, 5.74) is 1.13. The van der Waals surface area contributed by atoms with Crippen molar-refractivity contribution in [3.63, 3.8) is 0 Å². The van der Waals surface area contributed by atoms with Crippen molar-refractivity contribution in [1.29, 1.82) is 0 Å². The van der Waals surface area contributed by atoms with E-state index in [4.69, 9.17) is 4.74 Å². The molecule has 108 valence electrons. The summed E-state index contributed by atoms with van der Waals surface area (Å²) in [6, 6.07) is 8.57. The van der Waals surface area contributed by atoms with E-state index < -0.39 is 0 Å². The number of ether oxygens (including phenoxy) is 1. The molecule has 1 heterocycles. The minimum Gasteiger partial charge on any atom is -0.497 e. The van der Waals surface area contributed by atoms with E-state index in [9.17, 15) is 4.79 Å². The number of nitrogens with zero attached hydrogens (tertiary/aromatic N) is 1. The maximum Gasteiger partial charge on any atom is 0.240 e. The Labute approximate surface area is 120 Å². The predicted molar refractivity (Wildman–Crippen MR) is 77.6 cm³/mol. The maximum atomic E-state index is 12.5. The molecule has 1 aromatic rings. The second-order valence-electron chi connectivity index (χ2n) is 5.75. The van der Waals surface area contributed by atoms with Crippen LogP contribution < -0.4 is 10.1 Å². The average Bonchev–Trinajstić information content (AvgIpc) is 3.27. The lowest BCUT2D eigenvalue weighted by Gasteiger charge is -2.33. The first-order chi connectivity index (χ1) is 9.76. The van der Waals surface area contributed by atoms with E-state index in [1.807, 2.05) is 29.2 Å². The first-order valence-corrected chi connectivity index (χ1v) is 7.44. The lowest BCUT2D eigenvalue weighted by atomic mass is 10.0. The summed E-state index contributed by atoms with van der Waals surface area (Å²) >= 11 is 0. The Morgan fingerprint density at radius 3 is 2.95 bits per heavy atom. The van der Waals surface area contributed by atoms with Crippen molar-refractivity contribution in [2.24, 2.45) is 0 Å². The fraction of sp³-hybridized carbons (Fsp3) is 0.562. The normalized spacial score (nSPS) is 22.9. The maximum absolute atomic E-state index is 12.5. The van der Waals surface area contributed by atoms with Crippen LogP contribution in [-0.2, 0) is 11.3 Å². The van der Waals surface area contributed by atoms with E-state index >= 15 is 0 Å². The molecule has 1 unspecified atom stereocenters. The van der Waals surface area contributed by atoms with Gasteiger partial charge in [0.05, 0.1) is 13.2 Å². The largest absolute Gasteiger partial charge is 0.497 e. The van der Waals surface area contributed by atoms with Gasteiger partial charge >= 0.3 is 0 Å². The molecule has 1 amide bonds. The molecule has 1 saturated carbocycles. The van der Waals surface area contributed by atoms with Crippen LogP contribution in [0.4, 0.5) is 0 Å². The highest BCUT2D eigenvalue weighted by Gasteiger charge is 2.33. The minimum absolute atomic E-state index is 0.0295. The highest BCUT2D eigenvalue weighted by atomic mass is 16.5. The molecule has 2 aliphatic rings. The average molecular weight is 274 g/mol. The van der Waals surface area contributed by atoms with Crippen molar-refractivity contribution >= 4 is 5.91 Å². The molecule has 1 aliphatic carbocycles. The molecule has 1 aromatic carbocycles. The van der Waals surface area contributed by atoms with E-state index in [0.717, 1.165) is 30.7 Å². The second kappa shape index (κ2) is 5.83. The Hall–Kier alpha value is -1.55. The summed E-state index contributed by atoms with van der Waals surface area (Å²) in [5, 5.41) is 3.46. The van der Waals surface area contributed by atoms with Crippen molar-refractivity contribution in [2.75, 3.05) is 13.7 Å². The van der Waals surface area contributed by atoms with Crippen LogP contribution in [0.15, 0.2) is 24.3 Å². The Balaban J connectivity index is 1.64. The van der Waals surface area contributed by atoms with Gasteiger partial charge in [0.25, 0.3) is 0 Å². The fourth-order valence-corrected chi connectivity index (χ4v) is 2.78. The third kappa shape index (κ3) is 3.12. The van der Waals surface area contributed by atoms with Gasteiger partial charge in [-0.3, -0.25) is 4.79 Å². The Morgan fingerprint density at radius 2 is 2.20 bits per heavy atom. The summed E-state index contributed by atoms with van der Waals surface area (Å²) in [7, 11) is 1.67. The molecule has 1 aliphatic heterocycles. The zero-order valence-electron chi connectivity index (χ0n) is 12.0. The number of likely N-dealkylation sites (tertiary alicyclic amines) is 1. The standard InChI is InChI=1S/C16H22N2O2/c1-20-14-5-2-4-12(10-14)11-18-9-3-6-15(16(18)19)17-13-7-8-13/h2,4-5,10,13,15,17H,3,6-9,11H2,1H3. The topological polar surface area (TPSA) is 41.6 Å². The van der Waals surface area contributed by atoms with Crippen LogP contribution in [0, 0.1) is 0 Å². The molecule has 4 heteroatoms. The van der Waals surface area contributed by atoms with Crippen LogP contribution in [0.3, 0.4) is 0 Å². The number of carbonyl (C=O) groups is 1. The van der Waals surface area contributed by atoms with Gasteiger partial charge in [-0.25, -0.2) is 0 Å². The highest BCUT2D eigenvalue weighted by molar-refractivity contribution is 5.82. The first-order valence-electron chi connectivity index (χ1n) is 7.44. The van der Waals surface area contributed by atoms with Gasteiger partial charge in [-0.05, 0) is 43.4 Å². The molecule has 0 bridgehead atoms. The molecular formula is C16H22N2O2. The van der Waals surface area contributed by atoms with Crippen molar-refractivity contribution in [3.8, 4) is 5.75 Å². The Kier molecular flexibility index (Phi) is 3.92. The van der Waals surface area contributed by atoms with E-state index in [1.54, 1.807) is 7.11 Å². The number of hydrogen-bond acceptors (Lipinski definition) is 3.